The molecule has 0 aliphatic carbocycles. The Morgan fingerprint density at radius 3 is 2.52 bits per heavy atom. The Kier molecular flexibility index (Phi) is 4.74. The molecule has 3 rings (SSSR count). The van der Waals surface area contributed by atoms with Crippen LogP contribution in [0, 0.1) is 13.8 Å². The van der Waals surface area contributed by atoms with Gasteiger partial charge in [0.1, 0.15) is 0 Å². The Hall–Kier alpha value is -2.83. The Balaban J connectivity index is 1.56. The molecular formula is C18H23N5O2. The number of carbonyl (C=O) groups excluding carboxylic acids is 2. The molecule has 7 nitrogen and oxygen atoms in total. The van der Waals surface area contributed by atoms with Gasteiger partial charge in [-0.25, -0.2) is 0 Å². The highest BCUT2D eigenvalue weighted by Gasteiger charge is 2.21. The Morgan fingerprint density at radius 1 is 1.24 bits per heavy atom. The van der Waals surface area contributed by atoms with Gasteiger partial charge in [0.25, 0.3) is 0 Å². The van der Waals surface area contributed by atoms with E-state index in [0.29, 0.717) is 6.42 Å². The number of nitrogens with zero attached hydrogens (tertiary/aromatic N) is 3. The molecule has 0 saturated carbocycles. The second kappa shape index (κ2) is 6.96. The maximum absolute atomic E-state index is 12.2. The number of nitrogens with one attached hydrogen (secondary N) is 2. The molecule has 0 radical (unpaired) electrons. The largest absolute Gasteiger partial charge is 0.376 e. The minimum absolute atomic E-state index is 0.127. The van der Waals surface area contributed by atoms with E-state index in [4.69, 9.17) is 0 Å². The van der Waals surface area contributed by atoms with Crippen molar-refractivity contribution in [2.75, 3.05) is 28.6 Å². The fraction of sp³-hybridized carbons (Fsp3) is 0.389. The molecule has 1 fully saturated rings. The summed E-state index contributed by atoms with van der Waals surface area (Å²) in [5.41, 5.74) is 4.22. The van der Waals surface area contributed by atoms with E-state index in [1.54, 1.807) is 9.58 Å². The van der Waals surface area contributed by atoms with Crippen LogP contribution in [0.1, 0.15) is 24.2 Å². The van der Waals surface area contributed by atoms with Gasteiger partial charge in [0.05, 0.1) is 23.6 Å². The van der Waals surface area contributed by atoms with Crippen LogP contribution in [0.3, 0.4) is 0 Å². The average molecular weight is 341 g/mol. The molecule has 0 bridgehead atoms. The van der Waals surface area contributed by atoms with Crippen LogP contribution in [0.25, 0.3) is 0 Å². The number of aryl methyl sites for hydroxylation is 2. The summed E-state index contributed by atoms with van der Waals surface area (Å²) in [7, 11) is 1.85. The highest BCUT2D eigenvalue weighted by Crippen LogP contribution is 2.23. The van der Waals surface area contributed by atoms with Gasteiger partial charge in [-0.15, -0.1) is 0 Å². The predicted molar refractivity (Wildman–Crippen MR) is 97.8 cm³/mol. The third-order valence-corrected chi connectivity index (χ3v) is 4.48. The summed E-state index contributed by atoms with van der Waals surface area (Å²) < 4.78 is 1.75. The molecule has 1 aromatic carbocycles. The Bertz CT molecular complexity index is 795. The van der Waals surface area contributed by atoms with Crippen LogP contribution in [0.5, 0.6) is 0 Å². The van der Waals surface area contributed by atoms with Gasteiger partial charge >= 0.3 is 0 Å². The Labute approximate surface area is 147 Å². The first-order valence-electron chi connectivity index (χ1n) is 8.40. The smallest absolute Gasteiger partial charge is 0.243 e. The van der Waals surface area contributed by atoms with E-state index in [9.17, 15) is 9.59 Å². The van der Waals surface area contributed by atoms with Gasteiger partial charge in [0.15, 0.2) is 0 Å². The zero-order valence-corrected chi connectivity index (χ0v) is 14.8. The lowest BCUT2D eigenvalue weighted by Crippen LogP contribution is -2.24. The predicted octanol–water partition coefficient (Wildman–Crippen LogP) is 2.21. The van der Waals surface area contributed by atoms with Gasteiger partial charge in [-0.2, -0.15) is 5.10 Å². The van der Waals surface area contributed by atoms with Crippen molar-refractivity contribution in [3.05, 3.63) is 35.7 Å². The normalized spacial score (nSPS) is 14.0. The monoisotopic (exact) mass is 341 g/mol. The van der Waals surface area contributed by atoms with Crippen LogP contribution in [0.2, 0.25) is 0 Å². The van der Waals surface area contributed by atoms with Gasteiger partial charge in [-0.3, -0.25) is 14.3 Å². The van der Waals surface area contributed by atoms with Gasteiger partial charge in [-0.05, 0) is 44.5 Å². The van der Waals surface area contributed by atoms with Crippen molar-refractivity contribution in [2.24, 2.45) is 7.05 Å². The second-order valence-electron chi connectivity index (χ2n) is 6.27. The molecule has 2 heterocycles. The van der Waals surface area contributed by atoms with E-state index >= 15 is 0 Å². The number of aromatic nitrogens is 2. The summed E-state index contributed by atoms with van der Waals surface area (Å²) in [4.78, 5) is 25.7. The van der Waals surface area contributed by atoms with Crippen LogP contribution in [0.4, 0.5) is 17.1 Å². The van der Waals surface area contributed by atoms with Crippen LogP contribution < -0.4 is 15.5 Å². The van der Waals surface area contributed by atoms with Crippen LogP contribution >= 0.6 is 0 Å². The van der Waals surface area contributed by atoms with Gasteiger partial charge in [0.2, 0.25) is 11.8 Å². The molecule has 25 heavy (non-hydrogen) atoms. The number of hydrogen-bond acceptors (Lipinski definition) is 4. The second-order valence-corrected chi connectivity index (χ2v) is 6.27. The first-order chi connectivity index (χ1) is 12.0. The van der Waals surface area contributed by atoms with Gasteiger partial charge in [0, 0.05) is 31.4 Å². The minimum atomic E-state index is -0.127. The lowest BCUT2D eigenvalue weighted by atomic mass is 10.2. The molecule has 0 spiro atoms. The number of hydrogen-bond donors (Lipinski definition) is 2. The third-order valence-electron chi connectivity index (χ3n) is 4.48. The summed E-state index contributed by atoms with van der Waals surface area (Å²) in [6.07, 6.45) is 1.53. The third kappa shape index (κ3) is 3.65. The highest BCUT2D eigenvalue weighted by molar-refractivity contribution is 5.96. The van der Waals surface area contributed by atoms with Crippen molar-refractivity contribution < 1.29 is 9.59 Å². The number of rotatable bonds is 5. The van der Waals surface area contributed by atoms with Crippen molar-refractivity contribution in [3.63, 3.8) is 0 Å². The molecule has 0 atom stereocenters. The first kappa shape index (κ1) is 17.0. The van der Waals surface area contributed by atoms with E-state index in [0.717, 1.165) is 41.4 Å². The SMILES string of the molecule is Cc1nn(C)c(C)c1NC(=O)CNc1ccc(N2CCCC2=O)cc1. The molecule has 1 saturated heterocycles. The Morgan fingerprint density at radius 2 is 1.96 bits per heavy atom. The molecule has 2 aromatic rings. The number of anilines is 3. The molecule has 132 valence electrons. The lowest BCUT2D eigenvalue weighted by molar-refractivity contribution is -0.117. The van der Waals surface area contributed by atoms with Crippen molar-refractivity contribution in [3.8, 4) is 0 Å². The fourth-order valence-electron chi connectivity index (χ4n) is 3.00. The van der Waals surface area contributed by atoms with E-state index in [2.05, 4.69) is 15.7 Å². The summed E-state index contributed by atoms with van der Waals surface area (Å²) in [6, 6.07) is 7.57. The highest BCUT2D eigenvalue weighted by atomic mass is 16.2. The topological polar surface area (TPSA) is 79.3 Å². The molecule has 1 aliphatic heterocycles. The number of amides is 2. The summed E-state index contributed by atoms with van der Waals surface area (Å²) in [5.74, 6) is 0.0419. The number of carbonyl (C=O) groups is 2. The molecule has 2 amide bonds. The van der Waals surface area contributed by atoms with E-state index < -0.39 is 0 Å². The van der Waals surface area contributed by atoms with E-state index in [1.807, 2.05) is 45.2 Å². The standard InChI is InChI=1S/C18H23N5O2/c1-12-18(13(2)22(3)21-12)20-16(24)11-19-14-6-8-15(9-7-14)23-10-4-5-17(23)25/h6-9,19H,4-5,10-11H2,1-3H3,(H,20,24). The fourth-order valence-corrected chi connectivity index (χ4v) is 3.00. The van der Waals surface area contributed by atoms with Gasteiger partial charge in [-0.1, -0.05) is 0 Å². The maximum atomic E-state index is 12.2. The first-order valence-corrected chi connectivity index (χ1v) is 8.40. The van der Waals surface area contributed by atoms with Crippen LogP contribution in [0.15, 0.2) is 24.3 Å². The molecular weight excluding hydrogens is 318 g/mol. The summed E-state index contributed by atoms with van der Waals surface area (Å²) in [5, 5.41) is 10.3. The molecule has 2 N–H and O–H groups in total. The van der Waals surface area contributed by atoms with Crippen LogP contribution in [-0.4, -0.2) is 34.7 Å². The molecule has 0 unspecified atom stereocenters. The zero-order valence-electron chi connectivity index (χ0n) is 14.8. The van der Waals surface area contributed by atoms with Gasteiger partial charge < -0.3 is 15.5 Å². The lowest BCUT2D eigenvalue weighted by Gasteiger charge is -2.16. The van der Waals surface area contributed by atoms with E-state index in [-0.39, 0.29) is 18.4 Å². The quantitative estimate of drug-likeness (QED) is 0.874. The minimum Gasteiger partial charge on any atom is -0.376 e. The number of benzene rings is 1. The zero-order chi connectivity index (χ0) is 18.0. The molecule has 7 heteroatoms. The van der Waals surface area contributed by atoms with Crippen molar-refractivity contribution >= 4 is 28.9 Å². The van der Waals surface area contributed by atoms with E-state index in [1.165, 1.54) is 0 Å². The maximum Gasteiger partial charge on any atom is 0.243 e. The molecule has 1 aliphatic rings. The summed E-state index contributed by atoms with van der Waals surface area (Å²) >= 11 is 0. The van der Waals surface area contributed by atoms with Crippen molar-refractivity contribution in [2.45, 2.75) is 26.7 Å². The summed E-state index contributed by atoms with van der Waals surface area (Å²) in [6.45, 7) is 4.73. The van der Waals surface area contributed by atoms with Crippen molar-refractivity contribution in [1.29, 1.82) is 0 Å². The average Bonchev–Trinajstić information content (AvgIpc) is 3.12. The van der Waals surface area contributed by atoms with Crippen molar-refractivity contribution in [1.82, 2.24) is 9.78 Å². The molecule has 1 aromatic heterocycles. The van der Waals surface area contributed by atoms with Crippen LogP contribution in [-0.2, 0) is 16.6 Å².